The van der Waals surface area contributed by atoms with E-state index in [1.54, 1.807) is 30.5 Å². The third-order valence-electron chi connectivity index (χ3n) is 4.98. The Morgan fingerprint density at radius 2 is 1.69 bits per heavy atom. The topological polar surface area (TPSA) is 94.8 Å². The molecule has 0 unspecified atom stereocenters. The van der Waals surface area contributed by atoms with Gasteiger partial charge in [0.05, 0.1) is 16.5 Å². The summed E-state index contributed by atoms with van der Waals surface area (Å²) < 4.78 is 40.5. The molecule has 4 aromatic rings. The smallest absolute Gasteiger partial charge is 0.297 e. The van der Waals surface area contributed by atoms with E-state index in [2.05, 4.69) is 9.97 Å². The first-order valence-electron chi connectivity index (χ1n) is 9.96. The van der Waals surface area contributed by atoms with Crippen LogP contribution < -0.4 is 9.64 Å². The van der Waals surface area contributed by atoms with E-state index >= 15 is 0 Å². The van der Waals surface area contributed by atoms with E-state index in [1.165, 1.54) is 18.5 Å². The van der Waals surface area contributed by atoms with Crippen molar-refractivity contribution in [3.05, 3.63) is 72.2 Å². The van der Waals surface area contributed by atoms with E-state index in [0.717, 1.165) is 28.0 Å². The average Bonchev–Trinajstić information content (AvgIpc) is 3.18. The second-order valence-electron chi connectivity index (χ2n) is 7.29. The largest absolute Gasteiger partial charge is 0.491 e. The van der Waals surface area contributed by atoms with Gasteiger partial charge in [-0.25, -0.2) is 9.97 Å². The summed E-state index contributed by atoms with van der Waals surface area (Å²) in [6.07, 6.45) is 3.13. The molecule has 32 heavy (non-hydrogen) atoms. The fourth-order valence-electron chi connectivity index (χ4n) is 3.22. The van der Waals surface area contributed by atoms with Gasteiger partial charge in [0.1, 0.15) is 31.1 Å². The molecule has 0 aliphatic carbocycles. The number of aromatic nitrogens is 2. The van der Waals surface area contributed by atoms with Crippen molar-refractivity contribution in [2.24, 2.45) is 0 Å². The van der Waals surface area contributed by atoms with E-state index in [4.69, 9.17) is 13.3 Å². The molecule has 0 fully saturated rings. The molecular formula is C23H23N3O5S. The lowest BCUT2D eigenvalue weighted by Crippen LogP contribution is -2.13. The van der Waals surface area contributed by atoms with Crippen molar-refractivity contribution in [1.82, 2.24) is 9.97 Å². The second kappa shape index (κ2) is 8.97. The second-order valence-corrected chi connectivity index (χ2v) is 8.90. The van der Waals surface area contributed by atoms with Gasteiger partial charge in [0.25, 0.3) is 10.1 Å². The summed E-state index contributed by atoms with van der Waals surface area (Å²) in [5, 5.41) is 0.863. The van der Waals surface area contributed by atoms with Crippen LogP contribution in [0.4, 0.5) is 11.5 Å². The number of ether oxygens (including phenoxy) is 1. The van der Waals surface area contributed by atoms with Gasteiger partial charge in [-0.3, -0.25) is 4.18 Å². The molecule has 0 bridgehead atoms. The molecule has 166 valence electrons. The average molecular weight is 454 g/mol. The fraction of sp³-hybridized carbons (Fsp3) is 0.217. The summed E-state index contributed by atoms with van der Waals surface area (Å²) in [6.45, 7) is 3.85. The highest BCUT2D eigenvalue weighted by Crippen LogP contribution is 2.31. The summed E-state index contributed by atoms with van der Waals surface area (Å²) >= 11 is 0. The molecule has 9 heteroatoms. The van der Waals surface area contributed by atoms with Crippen LogP contribution in [0.2, 0.25) is 0 Å². The number of benzene rings is 2. The maximum absolute atomic E-state index is 12.2. The van der Waals surface area contributed by atoms with Crippen molar-refractivity contribution < 1.29 is 21.8 Å². The zero-order valence-electron chi connectivity index (χ0n) is 18.0. The fourth-order valence-corrected chi connectivity index (χ4v) is 4.11. The molecule has 0 saturated heterocycles. The Kier molecular flexibility index (Phi) is 6.11. The molecule has 0 radical (unpaired) electrons. The van der Waals surface area contributed by atoms with Crippen LogP contribution in [-0.4, -0.2) is 38.6 Å². The van der Waals surface area contributed by atoms with Gasteiger partial charge in [0, 0.05) is 18.3 Å². The summed E-state index contributed by atoms with van der Waals surface area (Å²) in [6, 6.07) is 13.9. The van der Waals surface area contributed by atoms with Gasteiger partial charge in [0.2, 0.25) is 5.71 Å². The molecule has 0 aliphatic heterocycles. The number of nitrogens with zero attached hydrogens (tertiary/aromatic N) is 3. The van der Waals surface area contributed by atoms with Gasteiger partial charge in [-0.2, -0.15) is 8.42 Å². The number of hydrogen-bond acceptors (Lipinski definition) is 8. The van der Waals surface area contributed by atoms with E-state index in [-0.39, 0.29) is 18.1 Å². The van der Waals surface area contributed by atoms with E-state index < -0.39 is 10.1 Å². The zero-order valence-corrected chi connectivity index (χ0v) is 18.8. The predicted octanol–water partition coefficient (Wildman–Crippen LogP) is 4.39. The minimum absolute atomic E-state index is 0.0868. The Hall–Kier alpha value is -3.43. The Labute approximate surface area is 186 Å². The molecule has 0 amide bonds. The first kappa shape index (κ1) is 21.8. The van der Waals surface area contributed by atoms with Gasteiger partial charge in [0.15, 0.2) is 0 Å². The Morgan fingerprint density at radius 3 is 2.41 bits per heavy atom. The minimum Gasteiger partial charge on any atom is -0.491 e. The Morgan fingerprint density at radius 1 is 0.969 bits per heavy atom. The molecule has 0 atom stereocenters. The van der Waals surface area contributed by atoms with E-state index in [0.29, 0.717) is 11.5 Å². The van der Waals surface area contributed by atoms with Crippen LogP contribution in [0.15, 0.2) is 70.4 Å². The number of furan rings is 1. The Balaban J connectivity index is 1.36. The summed E-state index contributed by atoms with van der Waals surface area (Å²) in [4.78, 5) is 10.6. The van der Waals surface area contributed by atoms with Crippen LogP contribution in [0.1, 0.15) is 11.1 Å². The number of hydrogen-bond donors (Lipinski definition) is 0. The molecule has 4 rings (SSSR count). The van der Waals surface area contributed by atoms with E-state index in [9.17, 15) is 8.42 Å². The minimum atomic E-state index is -3.80. The highest BCUT2D eigenvalue weighted by Gasteiger charge is 2.16. The van der Waals surface area contributed by atoms with Gasteiger partial charge in [-0.1, -0.05) is 17.7 Å². The maximum atomic E-state index is 12.2. The van der Waals surface area contributed by atoms with Crippen LogP contribution in [-0.2, 0) is 14.3 Å². The summed E-state index contributed by atoms with van der Waals surface area (Å²) in [5.41, 5.74) is 3.38. The van der Waals surface area contributed by atoms with Crippen LogP contribution >= 0.6 is 0 Å². The Bertz CT molecular complexity index is 1320. The van der Waals surface area contributed by atoms with Crippen LogP contribution in [0, 0.1) is 13.8 Å². The monoisotopic (exact) mass is 453 g/mol. The van der Waals surface area contributed by atoms with Gasteiger partial charge >= 0.3 is 0 Å². The third kappa shape index (κ3) is 4.58. The maximum Gasteiger partial charge on any atom is 0.297 e. The molecule has 2 aromatic heterocycles. The van der Waals surface area contributed by atoms with E-state index in [1.807, 2.05) is 37.9 Å². The quantitative estimate of drug-likeness (QED) is 0.286. The lowest BCUT2D eigenvalue weighted by Gasteiger charge is -2.19. The first-order valence-corrected chi connectivity index (χ1v) is 11.4. The highest BCUT2D eigenvalue weighted by molar-refractivity contribution is 7.86. The first-order chi connectivity index (χ1) is 15.3. The van der Waals surface area contributed by atoms with Crippen molar-refractivity contribution in [3.8, 4) is 5.75 Å². The van der Waals surface area contributed by atoms with Gasteiger partial charge in [-0.05, 0) is 50.2 Å². The number of fused-ring (bicyclic) bond motifs is 1. The standard InChI is InChI=1S/C23H23N3O5S/c1-16-4-10-20(11-5-16)32(27,28)31-13-12-29-19-8-6-18(7-9-19)26(3)22-21-17(2)14-30-23(21)25-15-24-22/h4-11,14-15H,12-13H2,1-3H3. The molecular weight excluding hydrogens is 430 g/mol. The molecule has 0 aliphatic rings. The summed E-state index contributed by atoms with van der Waals surface area (Å²) in [5.74, 6) is 1.34. The van der Waals surface area contributed by atoms with Crippen molar-refractivity contribution in [2.75, 3.05) is 25.2 Å². The molecule has 0 saturated carbocycles. The van der Waals surface area contributed by atoms with Crippen molar-refractivity contribution in [1.29, 1.82) is 0 Å². The lowest BCUT2D eigenvalue weighted by atomic mass is 10.2. The van der Waals surface area contributed by atoms with Crippen LogP contribution in [0.5, 0.6) is 5.75 Å². The van der Waals surface area contributed by atoms with Crippen molar-refractivity contribution in [2.45, 2.75) is 18.7 Å². The summed E-state index contributed by atoms with van der Waals surface area (Å²) in [7, 11) is -1.89. The molecule has 8 nitrogen and oxygen atoms in total. The SMILES string of the molecule is Cc1ccc(S(=O)(=O)OCCOc2ccc(N(C)c3ncnc4occ(C)c34)cc2)cc1. The third-order valence-corrected chi connectivity index (χ3v) is 6.30. The molecule has 2 aromatic carbocycles. The number of rotatable bonds is 8. The molecule has 0 spiro atoms. The van der Waals surface area contributed by atoms with Gasteiger partial charge < -0.3 is 14.1 Å². The van der Waals surface area contributed by atoms with Crippen LogP contribution in [0.3, 0.4) is 0 Å². The van der Waals surface area contributed by atoms with Crippen molar-refractivity contribution in [3.63, 3.8) is 0 Å². The number of anilines is 2. The normalized spacial score (nSPS) is 11.6. The van der Waals surface area contributed by atoms with Crippen LogP contribution in [0.25, 0.3) is 11.1 Å². The van der Waals surface area contributed by atoms with Crippen molar-refractivity contribution >= 4 is 32.7 Å². The van der Waals surface area contributed by atoms with Gasteiger partial charge in [-0.15, -0.1) is 0 Å². The predicted molar refractivity (Wildman–Crippen MR) is 121 cm³/mol. The molecule has 2 heterocycles. The molecule has 0 N–H and O–H groups in total. The highest BCUT2D eigenvalue weighted by atomic mass is 32.2. The lowest BCUT2D eigenvalue weighted by molar-refractivity contribution is 0.221. The zero-order chi connectivity index (χ0) is 22.7. The number of aryl methyl sites for hydroxylation is 2.